The van der Waals surface area contributed by atoms with Crippen LogP contribution in [0.4, 0.5) is 0 Å². The number of hydrogen-bond acceptors (Lipinski definition) is 21. The molecule has 5 aliphatic heterocycles. The lowest BCUT2D eigenvalue weighted by Crippen LogP contribution is -2.67. The van der Waals surface area contributed by atoms with Crippen LogP contribution in [0.1, 0.15) is 27.7 Å². The molecule has 5 rings (SSSR count). The van der Waals surface area contributed by atoms with Gasteiger partial charge in [-0.1, -0.05) is 0 Å². The Hall–Kier alpha value is -0.840. The van der Waals surface area contributed by atoms with Crippen LogP contribution in [0.3, 0.4) is 0 Å². The Morgan fingerprint density at radius 3 is 1.65 bits per heavy atom. The smallest absolute Gasteiger partial charge is 0.187 e. The van der Waals surface area contributed by atoms with Gasteiger partial charge in [-0.05, 0) is 27.7 Å². The summed E-state index contributed by atoms with van der Waals surface area (Å²) in [6, 6.07) is 0. The third kappa shape index (κ3) is 8.60. The Balaban J connectivity index is 1.29. The molecule has 0 aliphatic carbocycles. The van der Waals surface area contributed by atoms with E-state index in [-0.39, 0.29) is 26.4 Å². The molecule has 5 aliphatic rings. The summed E-state index contributed by atoms with van der Waals surface area (Å²) < 4.78 is 51.7. The van der Waals surface area contributed by atoms with Crippen molar-refractivity contribution in [2.75, 3.05) is 33.0 Å². The summed E-state index contributed by atoms with van der Waals surface area (Å²) >= 11 is 0. The maximum absolute atomic E-state index is 11.6. The molecule has 0 saturated carbocycles. The van der Waals surface area contributed by atoms with Crippen molar-refractivity contribution in [1.82, 2.24) is 0 Å². The zero-order valence-corrected chi connectivity index (χ0v) is 29.1. The van der Waals surface area contributed by atoms with Gasteiger partial charge in [0.1, 0.15) is 104 Å². The Bertz CT molecular complexity index is 1150. The number of hydrogen-bond donors (Lipinski definition) is 12. The Morgan fingerprint density at radius 2 is 1.04 bits per heavy atom. The minimum atomic E-state index is -1.70. The van der Waals surface area contributed by atoms with Gasteiger partial charge >= 0.3 is 0 Å². The van der Waals surface area contributed by atoms with Crippen LogP contribution in [0.15, 0.2) is 0 Å². The first-order valence-corrected chi connectivity index (χ1v) is 17.2. The Labute approximate surface area is 298 Å². The van der Waals surface area contributed by atoms with E-state index in [1.807, 2.05) is 0 Å². The molecule has 5 heterocycles. The highest BCUT2D eigenvalue weighted by Gasteiger charge is 2.56. The summed E-state index contributed by atoms with van der Waals surface area (Å²) in [6.45, 7) is 4.08. The average molecular weight is 763 g/mol. The SMILES string of the molecule is CC(C)(O[C@@H]1CO[C@@H](O)C(O)C1O)[C@@H]1OC[C@@H](OC(C)(C)[C@@H]2OC[C@@H](O[C@@H]3OC[C@@H](O)[C@H](O)C3O)C(O)C2O[C@@H]2O[C@@H](CO)C(O)[C@@H]2O)C(O)C1O. The summed E-state index contributed by atoms with van der Waals surface area (Å²) in [5.74, 6) is 0. The van der Waals surface area contributed by atoms with E-state index in [0.717, 1.165) is 0 Å². The highest BCUT2D eigenvalue weighted by Crippen LogP contribution is 2.38. The zero-order valence-electron chi connectivity index (χ0n) is 29.1. The zero-order chi connectivity index (χ0) is 38.4. The quantitative estimate of drug-likeness (QED) is 0.0930. The summed E-state index contributed by atoms with van der Waals surface area (Å²) in [4.78, 5) is 0. The first kappa shape index (κ1) is 42.3. The molecular formula is C31H54O21. The molecule has 0 aromatic rings. The fraction of sp³-hybridized carbons (Fsp3) is 1.00. The minimum absolute atomic E-state index is 0.279. The molecule has 12 N–H and O–H groups in total. The first-order chi connectivity index (χ1) is 24.3. The van der Waals surface area contributed by atoms with E-state index in [4.69, 9.17) is 42.6 Å². The van der Waals surface area contributed by atoms with Crippen molar-refractivity contribution < 1.29 is 104 Å². The van der Waals surface area contributed by atoms with E-state index in [2.05, 4.69) is 0 Å². The highest BCUT2D eigenvalue weighted by molar-refractivity contribution is 5.02. The third-order valence-corrected chi connectivity index (χ3v) is 10.2. The van der Waals surface area contributed by atoms with E-state index >= 15 is 0 Å². The Kier molecular flexibility index (Phi) is 13.6. The second kappa shape index (κ2) is 16.7. The maximum atomic E-state index is 11.6. The summed E-state index contributed by atoms with van der Waals surface area (Å²) in [5.41, 5.74) is -2.89. The number of rotatable bonds is 11. The van der Waals surface area contributed by atoms with Crippen molar-refractivity contribution in [2.45, 2.75) is 162 Å². The third-order valence-electron chi connectivity index (χ3n) is 10.2. The molecule has 0 bridgehead atoms. The highest BCUT2D eigenvalue weighted by atomic mass is 16.7. The van der Waals surface area contributed by atoms with Crippen LogP contribution in [-0.4, -0.2) is 228 Å². The monoisotopic (exact) mass is 762 g/mol. The molecule has 20 atom stereocenters. The van der Waals surface area contributed by atoms with E-state index in [0.29, 0.717) is 0 Å². The normalized spacial score (nSPS) is 49.6. The van der Waals surface area contributed by atoms with Crippen molar-refractivity contribution >= 4 is 0 Å². The van der Waals surface area contributed by atoms with Gasteiger partial charge in [-0.3, -0.25) is 0 Å². The predicted octanol–water partition coefficient (Wildman–Crippen LogP) is -7.09. The lowest BCUT2D eigenvalue weighted by molar-refractivity contribution is -0.341. The lowest BCUT2D eigenvalue weighted by atomic mass is 9.86. The van der Waals surface area contributed by atoms with Crippen molar-refractivity contribution in [3.8, 4) is 0 Å². The van der Waals surface area contributed by atoms with Crippen LogP contribution in [0, 0.1) is 0 Å². The summed E-state index contributed by atoms with van der Waals surface area (Å²) in [6.07, 6.45) is -29.5. The number of aliphatic hydroxyl groups is 12. The topological polar surface area (TPSA) is 326 Å². The predicted molar refractivity (Wildman–Crippen MR) is 165 cm³/mol. The minimum Gasteiger partial charge on any atom is -0.394 e. The van der Waals surface area contributed by atoms with Crippen LogP contribution in [0.25, 0.3) is 0 Å². The fourth-order valence-electron chi connectivity index (χ4n) is 7.16. The van der Waals surface area contributed by atoms with Gasteiger partial charge in [0.05, 0.1) is 44.2 Å². The second-order valence-corrected chi connectivity index (χ2v) is 14.9. The number of aliphatic hydroxyl groups excluding tert-OH is 12. The maximum Gasteiger partial charge on any atom is 0.187 e. The molecule has 5 fully saturated rings. The van der Waals surface area contributed by atoms with Gasteiger partial charge in [-0.2, -0.15) is 0 Å². The molecule has 0 amide bonds. The molecule has 304 valence electrons. The van der Waals surface area contributed by atoms with E-state index in [1.165, 1.54) is 27.7 Å². The summed E-state index contributed by atoms with van der Waals surface area (Å²) in [5, 5.41) is 125. The van der Waals surface area contributed by atoms with Gasteiger partial charge in [-0.25, -0.2) is 0 Å². The van der Waals surface area contributed by atoms with Gasteiger partial charge in [0, 0.05) is 0 Å². The van der Waals surface area contributed by atoms with Crippen LogP contribution in [-0.2, 0) is 42.6 Å². The molecule has 21 nitrogen and oxygen atoms in total. The van der Waals surface area contributed by atoms with Crippen molar-refractivity contribution in [3.63, 3.8) is 0 Å². The molecule has 0 radical (unpaired) electrons. The van der Waals surface area contributed by atoms with E-state index in [9.17, 15) is 61.3 Å². The standard InChI is InChI=1S/C31H54O21/c1-30(2,51-14-9-46-27(43)21(40)18(14)37)25-20(39)17(36)13(8-44-25)52-31(3,4)26-24(50-29-23(42)16(35)11(5-32)48-29)19(38)12(7-45-26)49-28-22(41)15(34)10(33)6-47-28/h10-29,32-43H,5-9H2,1-4H3/t10-,11+,12-,13-,14-,15+,16?,17?,18?,19?,20?,21?,22?,23+,24?,25-,26-,27-,28+,29+/m1/s1. The van der Waals surface area contributed by atoms with Crippen molar-refractivity contribution in [3.05, 3.63) is 0 Å². The molecule has 0 spiro atoms. The van der Waals surface area contributed by atoms with Crippen molar-refractivity contribution in [2.24, 2.45) is 0 Å². The van der Waals surface area contributed by atoms with E-state index < -0.39 is 140 Å². The van der Waals surface area contributed by atoms with Gasteiger partial charge in [-0.15, -0.1) is 0 Å². The molecule has 0 aromatic heterocycles. The van der Waals surface area contributed by atoms with Crippen LogP contribution in [0.5, 0.6) is 0 Å². The van der Waals surface area contributed by atoms with Gasteiger partial charge in [0.2, 0.25) is 0 Å². The lowest BCUT2D eigenvalue weighted by Gasteiger charge is -2.50. The fourth-order valence-corrected chi connectivity index (χ4v) is 7.16. The first-order valence-electron chi connectivity index (χ1n) is 17.2. The van der Waals surface area contributed by atoms with Gasteiger partial charge in [0.15, 0.2) is 18.9 Å². The molecule has 5 saturated heterocycles. The van der Waals surface area contributed by atoms with Crippen LogP contribution >= 0.6 is 0 Å². The van der Waals surface area contributed by atoms with Crippen molar-refractivity contribution in [1.29, 1.82) is 0 Å². The van der Waals surface area contributed by atoms with Crippen LogP contribution in [0.2, 0.25) is 0 Å². The van der Waals surface area contributed by atoms with E-state index in [1.54, 1.807) is 0 Å². The number of ether oxygens (including phenoxy) is 9. The molecular weight excluding hydrogens is 708 g/mol. The largest absolute Gasteiger partial charge is 0.394 e. The summed E-state index contributed by atoms with van der Waals surface area (Å²) in [7, 11) is 0. The Morgan fingerprint density at radius 1 is 0.500 bits per heavy atom. The molecule has 52 heavy (non-hydrogen) atoms. The average Bonchev–Trinajstić information content (AvgIpc) is 3.36. The van der Waals surface area contributed by atoms with Gasteiger partial charge in [0.25, 0.3) is 0 Å². The van der Waals surface area contributed by atoms with Crippen LogP contribution < -0.4 is 0 Å². The van der Waals surface area contributed by atoms with Gasteiger partial charge < -0.3 is 104 Å². The molecule has 8 unspecified atom stereocenters. The molecule has 21 heteroatoms. The molecule has 0 aromatic carbocycles. The second-order valence-electron chi connectivity index (χ2n) is 14.9.